The molecule has 0 saturated heterocycles. The van der Waals surface area contributed by atoms with E-state index in [9.17, 15) is 4.79 Å². The monoisotopic (exact) mass is 528 g/mol. The van der Waals surface area contributed by atoms with Gasteiger partial charge in [-0.2, -0.15) is 4.37 Å². The van der Waals surface area contributed by atoms with E-state index in [0.29, 0.717) is 48.1 Å². The first-order valence-electron chi connectivity index (χ1n) is 11.4. The number of nitrogens with two attached hydrogens (primary N) is 3. The normalized spacial score (nSPS) is 11.4. The molecule has 0 saturated carbocycles. The van der Waals surface area contributed by atoms with E-state index in [1.54, 1.807) is 33.6 Å². The highest BCUT2D eigenvalue weighted by Gasteiger charge is 2.20. The Morgan fingerprint density at radius 1 is 1.00 bits per heavy atom. The molecular weight excluding hydrogens is 496 g/mol. The zero-order chi connectivity index (χ0) is 26.9. The number of nitrogens with one attached hydrogen (secondary N) is 1. The molecule has 0 aliphatic carbocycles. The van der Waals surface area contributed by atoms with Gasteiger partial charge in [-0.1, -0.05) is 6.07 Å². The Balaban J connectivity index is 1.90. The SMILES string of the molecule is COc1ccc(-c2cnsc2-c2cc(OC)c(OC)c(OC)c2)cc1NC(=O)C(N)CCCN=C(N)N. The van der Waals surface area contributed by atoms with Gasteiger partial charge < -0.3 is 41.5 Å². The topological polar surface area (TPSA) is 169 Å². The molecule has 198 valence electrons. The second kappa shape index (κ2) is 12.8. The lowest BCUT2D eigenvalue weighted by molar-refractivity contribution is -0.117. The summed E-state index contributed by atoms with van der Waals surface area (Å²) < 4.78 is 26.3. The summed E-state index contributed by atoms with van der Waals surface area (Å²) in [6, 6.07) is 8.51. The number of hydrogen-bond acceptors (Lipinski definition) is 9. The highest BCUT2D eigenvalue weighted by molar-refractivity contribution is 7.10. The summed E-state index contributed by atoms with van der Waals surface area (Å²) in [5.41, 5.74) is 19.8. The van der Waals surface area contributed by atoms with Gasteiger partial charge in [0.2, 0.25) is 11.7 Å². The van der Waals surface area contributed by atoms with Crippen LogP contribution in [-0.2, 0) is 4.79 Å². The largest absolute Gasteiger partial charge is 0.495 e. The molecule has 7 N–H and O–H groups in total. The van der Waals surface area contributed by atoms with Gasteiger partial charge in [-0.3, -0.25) is 9.79 Å². The van der Waals surface area contributed by atoms with Gasteiger partial charge in [-0.15, -0.1) is 0 Å². The highest BCUT2D eigenvalue weighted by atomic mass is 32.1. The molecule has 0 aliphatic rings. The van der Waals surface area contributed by atoms with Gasteiger partial charge in [0.25, 0.3) is 0 Å². The second-order valence-electron chi connectivity index (χ2n) is 7.94. The maximum atomic E-state index is 12.8. The Kier molecular flexibility index (Phi) is 9.52. The molecule has 37 heavy (non-hydrogen) atoms. The molecular formula is C25H32N6O5S. The minimum Gasteiger partial charge on any atom is -0.495 e. The van der Waals surface area contributed by atoms with Crippen LogP contribution in [0.5, 0.6) is 23.0 Å². The number of aromatic nitrogens is 1. The lowest BCUT2D eigenvalue weighted by Crippen LogP contribution is -2.35. The minimum atomic E-state index is -0.736. The van der Waals surface area contributed by atoms with E-state index in [0.717, 1.165) is 21.6 Å². The van der Waals surface area contributed by atoms with Gasteiger partial charge in [0, 0.05) is 23.9 Å². The number of guanidine groups is 1. The first kappa shape index (κ1) is 27.6. The average Bonchev–Trinajstić information content (AvgIpc) is 3.40. The van der Waals surface area contributed by atoms with Crippen LogP contribution in [0.4, 0.5) is 5.69 Å². The number of rotatable bonds is 12. The lowest BCUT2D eigenvalue weighted by Gasteiger charge is -2.16. The van der Waals surface area contributed by atoms with Crippen molar-refractivity contribution in [2.24, 2.45) is 22.2 Å². The Morgan fingerprint density at radius 3 is 2.27 bits per heavy atom. The standard InChI is InChI=1S/C25H32N6O5S/c1-33-19-8-7-14(10-18(19)31-24(32)17(26)6-5-9-29-25(27)28)16-13-30-37-23(16)15-11-20(34-2)22(36-4)21(12-15)35-3/h7-8,10-13,17H,5-6,9,26H2,1-4H3,(H,31,32)(H4,27,28,29). The molecule has 1 amide bonds. The van der Waals surface area contributed by atoms with E-state index in [1.807, 2.05) is 24.3 Å². The van der Waals surface area contributed by atoms with E-state index >= 15 is 0 Å². The number of ether oxygens (including phenoxy) is 4. The summed E-state index contributed by atoms with van der Waals surface area (Å²) in [5, 5.41) is 2.88. The van der Waals surface area contributed by atoms with Crippen molar-refractivity contribution in [3.05, 3.63) is 36.5 Å². The van der Waals surface area contributed by atoms with Crippen LogP contribution in [0.2, 0.25) is 0 Å². The van der Waals surface area contributed by atoms with Crippen molar-refractivity contribution in [1.29, 1.82) is 0 Å². The fraction of sp³-hybridized carbons (Fsp3) is 0.320. The number of hydrogen-bond donors (Lipinski definition) is 4. The Hall–Kier alpha value is -4.03. The van der Waals surface area contributed by atoms with Crippen LogP contribution in [0.15, 0.2) is 41.5 Å². The van der Waals surface area contributed by atoms with E-state index < -0.39 is 6.04 Å². The number of amides is 1. The predicted molar refractivity (Wildman–Crippen MR) is 146 cm³/mol. The molecule has 1 heterocycles. The molecule has 11 nitrogen and oxygen atoms in total. The lowest BCUT2D eigenvalue weighted by atomic mass is 10.0. The molecule has 0 fully saturated rings. The molecule has 3 aromatic rings. The van der Waals surface area contributed by atoms with E-state index in [1.165, 1.54) is 18.6 Å². The highest BCUT2D eigenvalue weighted by Crippen LogP contribution is 2.45. The Labute approximate surface area is 219 Å². The van der Waals surface area contributed by atoms with Gasteiger partial charge in [0.1, 0.15) is 5.75 Å². The number of nitrogens with zero attached hydrogens (tertiary/aromatic N) is 2. The number of anilines is 1. The van der Waals surface area contributed by atoms with Gasteiger partial charge in [0.05, 0.1) is 45.0 Å². The zero-order valence-corrected chi connectivity index (χ0v) is 22.1. The molecule has 0 bridgehead atoms. The fourth-order valence-electron chi connectivity index (χ4n) is 3.71. The molecule has 2 aromatic carbocycles. The minimum absolute atomic E-state index is 0.00777. The van der Waals surface area contributed by atoms with Crippen molar-refractivity contribution in [1.82, 2.24) is 4.37 Å². The molecule has 3 rings (SSSR count). The van der Waals surface area contributed by atoms with Crippen molar-refractivity contribution in [3.63, 3.8) is 0 Å². The summed E-state index contributed by atoms with van der Waals surface area (Å²) >= 11 is 1.33. The van der Waals surface area contributed by atoms with Crippen molar-refractivity contribution in [3.8, 4) is 44.6 Å². The summed E-state index contributed by atoms with van der Waals surface area (Å²) in [7, 11) is 6.23. The number of methoxy groups -OCH3 is 4. The van der Waals surface area contributed by atoms with Gasteiger partial charge >= 0.3 is 0 Å². The third-order valence-corrected chi connectivity index (χ3v) is 6.42. The number of aliphatic imine (C=N–C) groups is 1. The molecule has 0 spiro atoms. The predicted octanol–water partition coefficient (Wildman–Crippen LogP) is 2.83. The molecule has 12 heteroatoms. The molecule has 1 aromatic heterocycles. The average molecular weight is 529 g/mol. The number of benzene rings is 2. The number of carbonyl (C=O) groups excluding carboxylic acids is 1. The van der Waals surface area contributed by atoms with E-state index in [-0.39, 0.29) is 11.9 Å². The zero-order valence-electron chi connectivity index (χ0n) is 21.2. The molecule has 1 unspecified atom stereocenters. The molecule has 0 aliphatic heterocycles. The van der Waals surface area contributed by atoms with Crippen LogP contribution in [0.1, 0.15) is 12.8 Å². The maximum absolute atomic E-state index is 12.8. The van der Waals surface area contributed by atoms with Gasteiger partial charge in [-0.25, -0.2) is 0 Å². The molecule has 0 radical (unpaired) electrons. The third-order valence-electron chi connectivity index (χ3n) is 5.57. The van der Waals surface area contributed by atoms with Crippen LogP contribution in [-0.4, -0.2) is 57.3 Å². The quantitative estimate of drug-likeness (QED) is 0.157. The van der Waals surface area contributed by atoms with Crippen molar-refractivity contribution in [2.45, 2.75) is 18.9 Å². The van der Waals surface area contributed by atoms with Crippen LogP contribution < -0.4 is 41.5 Å². The number of carbonyl (C=O) groups is 1. The first-order chi connectivity index (χ1) is 17.8. The van der Waals surface area contributed by atoms with Crippen molar-refractivity contribution < 1.29 is 23.7 Å². The second-order valence-corrected chi connectivity index (χ2v) is 8.74. The van der Waals surface area contributed by atoms with E-state index in [2.05, 4.69) is 14.7 Å². The Morgan fingerprint density at radius 2 is 1.68 bits per heavy atom. The third kappa shape index (κ3) is 6.60. The fourth-order valence-corrected chi connectivity index (χ4v) is 4.47. The van der Waals surface area contributed by atoms with Crippen molar-refractivity contribution in [2.75, 3.05) is 40.3 Å². The maximum Gasteiger partial charge on any atom is 0.241 e. The van der Waals surface area contributed by atoms with E-state index in [4.69, 9.17) is 36.1 Å². The first-order valence-corrected chi connectivity index (χ1v) is 12.2. The smallest absolute Gasteiger partial charge is 0.241 e. The van der Waals surface area contributed by atoms with Crippen LogP contribution in [0, 0.1) is 0 Å². The summed E-state index contributed by atoms with van der Waals surface area (Å²) in [4.78, 5) is 17.6. The van der Waals surface area contributed by atoms with Gasteiger partial charge in [0.15, 0.2) is 17.5 Å². The van der Waals surface area contributed by atoms with Crippen LogP contribution in [0.3, 0.4) is 0 Å². The molecule has 1 atom stereocenters. The van der Waals surface area contributed by atoms with Crippen LogP contribution in [0.25, 0.3) is 21.6 Å². The summed E-state index contributed by atoms with van der Waals surface area (Å²) in [5.74, 6) is 1.74. The van der Waals surface area contributed by atoms with Gasteiger partial charge in [-0.05, 0) is 54.2 Å². The van der Waals surface area contributed by atoms with Crippen LogP contribution >= 0.6 is 11.5 Å². The summed E-state index contributed by atoms with van der Waals surface area (Å²) in [6.45, 7) is 0.400. The Bertz CT molecular complexity index is 1230. The van der Waals surface area contributed by atoms with Crippen molar-refractivity contribution >= 4 is 29.1 Å². The summed E-state index contributed by atoms with van der Waals surface area (Å²) in [6.07, 6.45) is 2.76.